The summed E-state index contributed by atoms with van der Waals surface area (Å²) in [5, 5.41) is 6.46. The van der Waals surface area contributed by atoms with Crippen LogP contribution in [0.5, 0.6) is 0 Å². The van der Waals surface area contributed by atoms with Gasteiger partial charge in [0.15, 0.2) is 0 Å². The van der Waals surface area contributed by atoms with E-state index in [1.54, 1.807) is 0 Å². The third-order valence-corrected chi connectivity index (χ3v) is 3.68. The summed E-state index contributed by atoms with van der Waals surface area (Å²) in [5.41, 5.74) is 0. The molecule has 1 amide bonds. The van der Waals surface area contributed by atoms with E-state index in [0.29, 0.717) is 24.3 Å². The highest BCUT2D eigenvalue weighted by Crippen LogP contribution is 2.17. The first kappa shape index (κ1) is 13.5. The molecule has 0 aromatic rings. The molecule has 1 rings (SSSR count). The van der Waals surface area contributed by atoms with Gasteiger partial charge in [-0.2, -0.15) is 0 Å². The Kier molecular flexibility index (Phi) is 5.81. The number of carbonyl (C=O) groups is 1. The van der Waals surface area contributed by atoms with Crippen LogP contribution in [0.1, 0.15) is 46.5 Å². The van der Waals surface area contributed by atoms with Crippen LogP contribution < -0.4 is 10.6 Å². The first-order valence-corrected chi connectivity index (χ1v) is 6.63. The molecular formula is C13H26N2O. The minimum atomic E-state index is 0.201. The Balaban J connectivity index is 2.22. The number of amides is 1. The van der Waals surface area contributed by atoms with Gasteiger partial charge in [-0.05, 0) is 31.2 Å². The van der Waals surface area contributed by atoms with Crippen molar-refractivity contribution < 1.29 is 4.79 Å². The Morgan fingerprint density at radius 3 is 2.94 bits per heavy atom. The van der Waals surface area contributed by atoms with Crippen molar-refractivity contribution in [2.24, 2.45) is 11.8 Å². The van der Waals surface area contributed by atoms with Gasteiger partial charge >= 0.3 is 0 Å². The third kappa shape index (κ3) is 4.52. The summed E-state index contributed by atoms with van der Waals surface area (Å²) in [6.07, 6.45) is 4.25. The third-order valence-electron chi connectivity index (χ3n) is 3.68. The molecule has 1 aliphatic rings. The van der Waals surface area contributed by atoms with E-state index in [4.69, 9.17) is 0 Å². The molecule has 1 fully saturated rings. The maximum Gasteiger partial charge on any atom is 0.221 e. The first-order chi connectivity index (χ1) is 7.63. The van der Waals surface area contributed by atoms with Gasteiger partial charge in [0.1, 0.15) is 0 Å². The van der Waals surface area contributed by atoms with Gasteiger partial charge in [-0.3, -0.25) is 4.79 Å². The molecule has 3 nitrogen and oxygen atoms in total. The average Bonchev–Trinajstić information content (AvgIpc) is 2.29. The first-order valence-electron chi connectivity index (χ1n) is 6.63. The van der Waals surface area contributed by atoms with E-state index >= 15 is 0 Å². The molecule has 16 heavy (non-hydrogen) atoms. The van der Waals surface area contributed by atoms with Crippen LogP contribution in [-0.4, -0.2) is 25.0 Å². The zero-order valence-electron chi connectivity index (χ0n) is 10.9. The van der Waals surface area contributed by atoms with E-state index < -0.39 is 0 Å². The van der Waals surface area contributed by atoms with Crippen LogP contribution >= 0.6 is 0 Å². The molecule has 0 aromatic carbocycles. The zero-order chi connectivity index (χ0) is 12.0. The van der Waals surface area contributed by atoms with Crippen LogP contribution in [0, 0.1) is 11.8 Å². The lowest BCUT2D eigenvalue weighted by Gasteiger charge is -2.29. The molecule has 0 aliphatic carbocycles. The SMILES string of the molecule is CCC(C)CNC(=O)CC1NCCCC1C. The molecule has 0 saturated carbocycles. The van der Waals surface area contributed by atoms with E-state index in [9.17, 15) is 4.79 Å². The second kappa shape index (κ2) is 6.89. The van der Waals surface area contributed by atoms with Gasteiger partial charge in [0, 0.05) is 19.0 Å². The van der Waals surface area contributed by atoms with Gasteiger partial charge in [-0.1, -0.05) is 27.2 Å². The normalized spacial score (nSPS) is 27.4. The number of nitrogens with one attached hydrogen (secondary N) is 2. The summed E-state index contributed by atoms with van der Waals surface area (Å²) in [6, 6.07) is 0.380. The Labute approximate surface area is 99.4 Å². The number of hydrogen-bond acceptors (Lipinski definition) is 2. The monoisotopic (exact) mass is 226 g/mol. The molecule has 0 radical (unpaired) electrons. The number of hydrogen-bond donors (Lipinski definition) is 2. The summed E-state index contributed by atoms with van der Waals surface area (Å²) >= 11 is 0. The maximum absolute atomic E-state index is 11.7. The highest BCUT2D eigenvalue weighted by atomic mass is 16.1. The van der Waals surface area contributed by atoms with E-state index in [2.05, 4.69) is 31.4 Å². The largest absolute Gasteiger partial charge is 0.356 e. The second-order valence-electron chi connectivity index (χ2n) is 5.20. The standard InChI is InChI=1S/C13H26N2O/c1-4-10(2)9-15-13(16)8-12-11(3)6-5-7-14-12/h10-12,14H,4-9H2,1-3H3,(H,15,16). The van der Waals surface area contributed by atoms with Gasteiger partial charge < -0.3 is 10.6 Å². The minimum absolute atomic E-state index is 0.201. The van der Waals surface area contributed by atoms with E-state index in [-0.39, 0.29) is 5.91 Å². The smallest absolute Gasteiger partial charge is 0.221 e. The molecule has 94 valence electrons. The number of piperidine rings is 1. The van der Waals surface area contributed by atoms with Crippen molar-refractivity contribution in [3.05, 3.63) is 0 Å². The topological polar surface area (TPSA) is 41.1 Å². The van der Waals surface area contributed by atoms with Crippen molar-refractivity contribution in [3.8, 4) is 0 Å². The molecule has 1 aliphatic heterocycles. The Morgan fingerprint density at radius 1 is 1.56 bits per heavy atom. The molecular weight excluding hydrogens is 200 g/mol. The predicted octanol–water partition coefficient (Wildman–Crippen LogP) is 1.93. The molecule has 1 saturated heterocycles. The molecule has 0 spiro atoms. The molecule has 3 unspecified atom stereocenters. The molecule has 1 heterocycles. The summed E-state index contributed by atoms with van der Waals surface area (Å²) in [6.45, 7) is 8.44. The fourth-order valence-electron chi connectivity index (χ4n) is 2.09. The van der Waals surface area contributed by atoms with Gasteiger partial charge in [-0.25, -0.2) is 0 Å². The van der Waals surface area contributed by atoms with Gasteiger partial charge in [0.05, 0.1) is 0 Å². The van der Waals surface area contributed by atoms with Crippen molar-refractivity contribution in [3.63, 3.8) is 0 Å². The maximum atomic E-state index is 11.7. The van der Waals surface area contributed by atoms with Crippen molar-refractivity contribution >= 4 is 5.91 Å². The molecule has 0 bridgehead atoms. The van der Waals surface area contributed by atoms with Crippen LogP contribution in [0.2, 0.25) is 0 Å². The summed E-state index contributed by atoms with van der Waals surface area (Å²) < 4.78 is 0. The van der Waals surface area contributed by atoms with Crippen molar-refractivity contribution in [1.29, 1.82) is 0 Å². The van der Waals surface area contributed by atoms with E-state index in [1.807, 2.05) is 0 Å². The molecule has 3 atom stereocenters. The van der Waals surface area contributed by atoms with Crippen molar-refractivity contribution in [1.82, 2.24) is 10.6 Å². The Morgan fingerprint density at radius 2 is 2.31 bits per heavy atom. The van der Waals surface area contributed by atoms with E-state index in [0.717, 1.165) is 19.5 Å². The lowest BCUT2D eigenvalue weighted by atomic mass is 9.90. The predicted molar refractivity (Wildman–Crippen MR) is 67.3 cm³/mol. The molecule has 0 aromatic heterocycles. The van der Waals surface area contributed by atoms with Crippen molar-refractivity contribution in [2.45, 2.75) is 52.5 Å². The second-order valence-corrected chi connectivity index (χ2v) is 5.20. The minimum Gasteiger partial charge on any atom is -0.356 e. The highest BCUT2D eigenvalue weighted by molar-refractivity contribution is 5.76. The quantitative estimate of drug-likeness (QED) is 0.752. The lowest BCUT2D eigenvalue weighted by Crippen LogP contribution is -2.44. The van der Waals surface area contributed by atoms with Gasteiger partial charge in [0.2, 0.25) is 5.91 Å². The average molecular weight is 226 g/mol. The zero-order valence-corrected chi connectivity index (χ0v) is 10.9. The van der Waals surface area contributed by atoms with Gasteiger partial charge in [-0.15, -0.1) is 0 Å². The van der Waals surface area contributed by atoms with Crippen LogP contribution in [0.15, 0.2) is 0 Å². The lowest BCUT2D eigenvalue weighted by molar-refractivity contribution is -0.122. The van der Waals surface area contributed by atoms with Crippen LogP contribution in [0.3, 0.4) is 0 Å². The van der Waals surface area contributed by atoms with Gasteiger partial charge in [0.25, 0.3) is 0 Å². The summed E-state index contributed by atoms with van der Waals surface area (Å²) in [7, 11) is 0. The van der Waals surface area contributed by atoms with Crippen LogP contribution in [-0.2, 0) is 4.79 Å². The fourth-order valence-corrected chi connectivity index (χ4v) is 2.09. The van der Waals surface area contributed by atoms with Crippen molar-refractivity contribution in [2.75, 3.05) is 13.1 Å². The molecule has 2 N–H and O–H groups in total. The summed E-state index contributed by atoms with van der Waals surface area (Å²) in [4.78, 5) is 11.7. The van der Waals surface area contributed by atoms with Crippen LogP contribution in [0.4, 0.5) is 0 Å². The fraction of sp³-hybridized carbons (Fsp3) is 0.923. The Bertz CT molecular complexity index is 218. The number of rotatable bonds is 5. The summed E-state index contributed by atoms with van der Waals surface area (Å²) in [5.74, 6) is 1.41. The number of carbonyl (C=O) groups excluding carboxylic acids is 1. The van der Waals surface area contributed by atoms with E-state index in [1.165, 1.54) is 12.8 Å². The molecule has 3 heteroatoms. The Hall–Kier alpha value is -0.570. The highest BCUT2D eigenvalue weighted by Gasteiger charge is 2.22. The van der Waals surface area contributed by atoms with Crippen LogP contribution in [0.25, 0.3) is 0 Å².